The summed E-state index contributed by atoms with van der Waals surface area (Å²) >= 11 is 0. The molecule has 2 aromatic carbocycles. The number of carbonyl (C=O) groups excluding carboxylic acids is 2. The van der Waals surface area contributed by atoms with Gasteiger partial charge >= 0.3 is 6.18 Å². The van der Waals surface area contributed by atoms with Crippen molar-refractivity contribution in [2.24, 2.45) is 0 Å². The third-order valence-electron chi connectivity index (χ3n) is 5.30. The van der Waals surface area contributed by atoms with Crippen molar-refractivity contribution >= 4 is 17.5 Å². The van der Waals surface area contributed by atoms with E-state index in [-0.39, 0.29) is 30.2 Å². The van der Waals surface area contributed by atoms with Gasteiger partial charge in [0.1, 0.15) is 0 Å². The highest BCUT2D eigenvalue weighted by molar-refractivity contribution is 5.97. The molecule has 1 unspecified atom stereocenters. The summed E-state index contributed by atoms with van der Waals surface area (Å²) < 4.78 is 45.1. The molecule has 1 atom stereocenters. The van der Waals surface area contributed by atoms with Crippen LogP contribution in [-0.2, 0) is 15.7 Å². The van der Waals surface area contributed by atoms with E-state index in [9.17, 15) is 22.8 Å². The Bertz CT molecular complexity index is 916. The van der Waals surface area contributed by atoms with Crippen LogP contribution in [-0.4, -0.2) is 43.5 Å². The molecule has 5 nitrogen and oxygen atoms in total. The molecule has 166 valence electrons. The molecule has 0 saturated carbocycles. The Morgan fingerprint density at radius 1 is 1.16 bits per heavy atom. The minimum Gasteiger partial charge on any atom is -0.384 e. The van der Waals surface area contributed by atoms with Crippen LogP contribution in [0.1, 0.15) is 46.7 Å². The second-order valence-electron chi connectivity index (χ2n) is 7.59. The molecule has 1 N–H and O–H groups in total. The largest absolute Gasteiger partial charge is 0.416 e. The van der Waals surface area contributed by atoms with Gasteiger partial charge in [0.2, 0.25) is 5.91 Å². The molecule has 1 aliphatic rings. The van der Waals surface area contributed by atoms with Gasteiger partial charge in [-0.15, -0.1) is 0 Å². The molecule has 2 aromatic rings. The fourth-order valence-corrected chi connectivity index (χ4v) is 3.75. The number of halogens is 3. The van der Waals surface area contributed by atoms with Gasteiger partial charge in [-0.3, -0.25) is 9.59 Å². The van der Waals surface area contributed by atoms with Crippen molar-refractivity contribution in [1.82, 2.24) is 4.90 Å². The molecule has 0 radical (unpaired) electrons. The van der Waals surface area contributed by atoms with E-state index in [0.717, 1.165) is 30.5 Å². The number of nitrogens with zero attached hydrogens (tertiary/aromatic N) is 1. The lowest BCUT2D eigenvalue weighted by atomic mass is 9.90. The number of ether oxygens (including phenoxy) is 1. The molecule has 31 heavy (non-hydrogen) atoms. The van der Waals surface area contributed by atoms with Crippen LogP contribution in [0, 0.1) is 0 Å². The summed E-state index contributed by atoms with van der Waals surface area (Å²) in [6.45, 7) is 1.06. The molecular weight excluding hydrogens is 409 g/mol. The van der Waals surface area contributed by atoms with Crippen molar-refractivity contribution in [2.75, 3.05) is 32.1 Å². The van der Waals surface area contributed by atoms with E-state index in [4.69, 9.17) is 4.74 Å². The number of benzene rings is 2. The molecule has 0 bridgehead atoms. The van der Waals surface area contributed by atoms with Gasteiger partial charge in [-0.05, 0) is 36.6 Å². The summed E-state index contributed by atoms with van der Waals surface area (Å²) in [7, 11) is 1.43. The third-order valence-corrected chi connectivity index (χ3v) is 5.30. The third kappa shape index (κ3) is 6.07. The van der Waals surface area contributed by atoms with Gasteiger partial charge in [0, 0.05) is 37.4 Å². The number of hydrogen-bond donors (Lipinski definition) is 1. The predicted molar refractivity (Wildman–Crippen MR) is 111 cm³/mol. The van der Waals surface area contributed by atoms with E-state index < -0.39 is 23.6 Å². The van der Waals surface area contributed by atoms with Crippen LogP contribution in [0.3, 0.4) is 0 Å². The van der Waals surface area contributed by atoms with Crippen molar-refractivity contribution in [2.45, 2.75) is 31.4 Å². The zero-order valence-electron chi connectivity index (χ0n) is 17.2. The summed E-state index contributed by atoms with van der Waals surface area (Å²) in [5.41, 5.74) is -0.0198. The first kappa shape index (κ1) is 22.8. The van der Waals surface area contributed by atoms with Crippen LogP contribution < -0.4 is 5.32 Å². The Balaban J connectivity index is 1.83. The Labute approximate surface area is 179 Å². The summed E-state index contributed by atoms with van der Waals surface area (Å²) in [4.78, 5) is 26.6. The summed E-state index contributed by atoms with van der Waals surface area (Å²) in [5.74, 6) is -0.821. The van der Waals surface area contributed by atoms with E-state index in [0.29, 0.717) is 13.1 Å². The Morgan fingerprint density at radius 2 is 1.90 bits per heavy atom. The number of carbonyl (C=O) groups is 2. The number of likely N-dealkylation sites (tertiary alicyclic amines) is 1. The van der Waals surface area contributed by atoms with Crippen molar-refractivity contribution in [3.05, 3.63) is 65.2 Å². The highest BCUT2D eigenvalue weighted by Crippen LogP contribution is 2.33. The summed E-state index contributed by atoms with van der Waals surface area (Å²) in [6.07, 6.45) is -2.96. The number of rotatable bonds is 6. The number of piperidine rings is 1. The minimum absolute atomic E-state index is 0.000899. The smallest absolute Gasteiger partial charge is 0.384 e. The quantitative estimate of drug-likeness (QED) is 0.717. The first-order valence-corrected chi connectivity index (χ1v) is 10.1. The standard InChI is InChI=1S/C23H25F3N2O3/c1-31-11-9-21(29)27-20-13-18(12-19(14-20)23(24,25)26)22(30)28-10-5-8-17(15-28)16-6-3-2-4-7-16/h2-4,6-7,12-14,17H,5,8-11,15H2,1H3,(H,27,29). The average Bonchev–Trinajstić information content (AvgIpc) is 2.77. The number of amides is 2. The zero-order valence-corrected chi connectivity index (χ0v) is 17.2. The van der Waals surface area contributed by atoms with Crippen LogP contribution in [0.4, 0.5) is 18.9 Å². The van der Waals surface area contributed by atoms with Crippen LogP contribution in [0.15, 0.2) is 48.5 Å². The van der Waals surface area contributed by atoms with E-state index in [1.54, 1.807) is 4.90 Å². The van der Waals surface area contributed by atoms with Gasteiger partial charge in [0.15, 0.2) is 0 Å². The van der Waals surface area contributed by atoms with Gasteiger partial charge in [0.05, 0.1) is 18.6 Å². The molecule has 0 spiro atoms. The Morgan fingerprint density at radius 3 is 2.58 bits per heavy atom. The molecule has 1 aliphatic heterocycles. The van der Waals surface area contributed by atoms with Gasteiger partial charge < -0.3 is 15.0 Å². The molecule has 0 aromatic heterocycles. The topological polar surface area (TPSA) is 58.6 Å². The normalized spacial score (nSPS) is 16.8. The molecule has 8 heteroatoms. The highest BCUT2D eigenvalue weighted by atomic mass is 19.4. The van der Waals surface area contributed by atoms with Crippen molar-refractivity contribution in [3.8, 4) is 0 Å². The lowest BCUT2D eigenvalue weighted by Gasteiger charge is -2.33. The zero-order chi connectivity index (χ0) is 22.4. The van der Waals surface area contributed by atoms with Crippen LogP contribution in [0.5, 0.6) is 0 Å². The molecule has 1 heterocycles. The SMILES string of the molecule is COCCC(=O)Nc1cc(C(=O)N2CCCC(c3ccccc3)C2)cc(C(F)(F)F)c1. The van der Waals surface area contributed by atoms with Crippen LogP contribution >= 0.6 is 0 Å². The van der Waals surface area contributed by atoms with Gasteiger partial charge in [-0.2, -0.15) is 13.2 Å². The first-order valence-electron chi connectivity index (χ1n) is 10.1. The second kappa shape index (κ2) is 9.96. The summed E-state index contributed by atoms with van der Waals surface area (Å²) in [6, 6.07) is 12.8. The maximum Gasteiger partial charge on any atom is 0.416 e. The van der Waals surface area contributed by atoms with E-state index >= 15 is 0 Å². The number of methoxy groups -OCH3 is 1. The lowest BCUT2D eigenvalue weighted by molar-refractivity contribution is -0.137. The van der Waals surface area contributed by atoms with Crippen LogP contribution in [0.2, 0.25) is 0 Å². The number of alkyl halides is 3. The molecule has 2 amide bonds. The van der Waals surface area contributed by atoms with Gasteiger partial charge in [0.25, 0.3) is 5.91 Å². The Hall–Kier alpha value is -2.87. The van der Waals surface area contributed by atoms with Gasteiger partial charge in [-0.25, -0.2) is 0 Å². The first-order chi connectivity index (χ1) is 14.8. The second-order valence-corrected chi connectivity index (χ2v) is 7.59. The molecule has 1 fully saturated rings. The average molecular weight is 434 g/mol. The predicted octanol–water partition coefficient (Wildman–Crippen LogP) is 4.70. The van der Waals surface area contributed by atoms with E-state index in [2.05, 4.69) is 5.32 Å². The number of nitrogens with one attached hydrogen (secondary N) is 1. The van der Waals surface area contributed by atoms with Crippen molar-refractivity contribution in [3.63, 3.8) is 0 Å². The molecule has 0 aliphatic carbocycles. The van der Waals surface area contributed by atoms with E-state index in [1.807, 2.05) is 30.3 Å². The molecular formula is C23H25F3N2O3. The highest BCUT2D eigenvalue weighted by Gasteiger charge is 2.33. The summed E-state index contributed by atoms with van der Waals surface area (Å²) in [5, 5.41) is 2.43. The lowest BCUT2D eigenvalue weighted by Crippen LogP contribution is -2.39. The van der Waals surface area contributed by atoms with Gasteiger partial charge in [-0.1, -0.05) is 30.3 Å². The fourth-order valence-electron chi connectivity index (χ4n) is 3.75. The van der Waals surface area contributed by atoms with Crippen molar-refractivity contribution in [1.29, 1.82) is 0 Å². The monoisotopic (exact) mass is 434 g/mol. The maximum atomic E-state index is 13.4. The van der Waals surface area contributed by atoms with E-state index in [1.165, 1.54) is 13.2 Å². The maximum absolute atomic E-state index is 13.4. The molecule has 1 saturated heterocycles. The van der Waals surface area contributed by atoms with Crippen molar-refractivity contribution < 1.29 is 27.5 Å². The fraction of sp³-hybridized carbons (Fsp3) is 0.391. The Kier molecular flexibility index (Phi) is 7.33. The van der Waals surface area contributed by atoms with Crippen LogP contribution in [0.25, 0.3) is 0 Å². The molecule has 3 rings (SSSR count). The number of anilines is 1. The number of hydrogen-bond acceptors (Lipinski definition) is 3. The minimum atomic E-state index is -4.64.